The Kier molecular flexibility index (Phi) is 14.3. The van der Waals surface area contributed by atoms with Gasteiger partial charge in [0.1, 0.15) is 0 Å². The Morgan fingerprint density at radius 1 is 0.891 bits per heavy atom. The maximum atomic E-state index is 12.8. The molecule has 0 spiro atoms. The summed E-state index contributed by atoms with van der Waals surface area (Å²) in [6.07, 6.45) is 22.4. The fourth-order valence-electron chi connectivity index (χ4n) is 13.3. The molecule has 6 fully saturated rings. The van der Waals surface area contributed by atoms with Crippen molar-refractivity contribution in [2.75, 3.05) is 19.0 Å². The molecule has 0 aromatic heterocycles. The van der Waals surface area contributed by atoms with Gasteiger partial charge in [0.15, 0.2) is 0 Å². The number of ether oxygens (including phenoxy) is 2. The highest BCUT2D eigenvalue weighted by molar-refractivity contribution is 8.00. The second-order valence-corrected chi connectivity index (χ2v) is 23.1. The topological polar surface area (TPSA) is 88.7 Å². The smallest absolute Gasteiger partial charge is 0.315 e. The Labute approximate surface area is 341 Å². The zero-order valence-corrected chi connectivity index (χ0v) is 37.6. The zero-order chi connectivity index (χ0) is 39.6. The number of thioether (sulfide) groups is 1. The van der Waals surface area contributed by atoms with Crippen molar-refractivity contribution < 1.29 is 19.1 Å². The molecule has 1 unspecified atom stereocenters. The van der Waals surface area contributed by atoms with Gasteiger partial charge in [-0.3, -0.25) is 4.79 Å². The standard InChI is InChI=1S/C47H83N3O4S/c1-31(2)13-12-14-32(3)36-19-20-37-35-18-17-33-29-34(21-23-46(33,8)38(35)22-24-47(36,37)9)53-27-26-45(6,7)54-28-25-44(4,5)50-41(51)16-11-10-15-40-42-39(30-55-40)48-43(52)49-42/h31-40,42H,10-30H2,1-9H3,(H,50,51)(H2,48,49,52)/t32-,33?,34+,35+,36-,37+,38+,39+,40+,42+,46+,47-/m1/s1. The summed E-state index contributed by atoms with van der Waals surface area (Å²) < 4.78 is 13.1. The fourth-order valence-corrected chi connectivity index (χ4v) is 14.8. The molecule has 7 nitrogen and oxygen atoms in total. The molecule has 55 heavy (non-hydrogen) atoms. The molecule has 0 aromatic rings. The molecule has 4 aliphatic carbocycles. The van der Waals surface area contributed by atoms with Gasteiger partial charge in [-0.2, -0.15) is 11.8 Å². The predicted octanol–water partition coefficient (Wildman–Crippen LogP) is 10.7. The molecule has 2 saturated heterocycles. The molecule has 4 saturated carbocycles. The van der Waals surface area contributed by atoms with E-state index in [9.17, 15) is 9.59 Å². The van der Waals surface area contributed by atoms with Crippen LogP contribution >= 0.6 is 11.8 Å². The number of hydrogen-bond acceptors (Lipinski definition) is 5. The van der Waals surface area contributed by atoms with E-state index in [4.69, 9.17) is 9.47 Å². The van der Waals surface area contributed by atoms with E-state index >= 15 is 0 Å². The van der Waals surface area contributed by atoms with Gasteiger partial charge in [-0.1, -0.05) is 60.3 Å². The Hall–Kier alpha value is -0.990. The van der Waals surface area contributed by atoms with Crippen LogP contribution in [0.2, 0.25) is 0 Å². The minimum absolute atomic E-state index is 0.0352. The largest absolute Gasteiger partial charge is 0.378 e. The molecule has 6 rings (SSSR count). The minimum atomic E-state index is -0.312. The number of unbranched alkanes of at least 4 members (excludes halogenated alkanes) is 1. The third-order valence-corrected chi connectivity index (χ3v) is 18.2. The van der Waals surface area contributed by atoms with Crippen LogP contribution in [0.3, 0.4) is 0 Å². The van der Waals surface area contributed by atoms with Gasteiger partial charge in [0.05, 0.1) is 23.8 Å². The molecule has 3 N–H and O–H groups in total. The molecule has 2 aliphatic heterocycles. The van der Waals surface area contributed by atoms with E-state index in [0.29, 0.717) is 35.2 Å². The molecule has 0 aromatic carbocycles. The quantitative estimate of drug-likeness (QED) is 0.0897. The lowest BCUT2D eigenvalue weighted by Crippen LogP contribution is -2.54. The first-order chi connectivity index (χ1) is 26.0. The van der Waals surface area contributed by atoms with Crippen LogP contribution in [0.4, 0.5) is 4.79 Å². The van der Waals surface area contributed by atoms with Crippen LogP contribution in [0.1, 0.15) is 178 Å². The van der Waals surface area contributed by atoms with Gasteiger partial charge in [0.2, 0.25) is 5.91 Å². The maximum Gasteiger partial charge on any atom is 0.315 e. The highest BCUT2D eigenvalue weighted by atomic mass is 32.2. The van der Waals surface area contributed by atoms with E-state index in [1.165, 1.54) is 77.0 Å². The van der Waals surface area contributed by atoms with Crippen molar-refractivity contribution in [2.24, 2.45) is 52.3 Å². The van der Waals surface area contributed by atoms with E-state index in [1.54, 1.807) is 0 Å². The average molecular weight is 786 g/mol. The molecular weight excluding hydrogens is 703 g/mol. The Bertz CT molecular complexity index is 1290. The average Bonchev–Trinajstić information content (AvgIpc) is 3.77. The number of rotatable bonds is 19. The SMILES string of the molecule is CC(C)CCC[C@@H](C)[C@H]1CC[C@H]2[C@@H]3CCC4C[C@@H](OCCC(C)(C)OCCC(C)(C)NC(=O)CCCC[C@@H]5SC[C@@H]6NC(=O)N[C@@H]65)CC[C@]4(C)[C@H]3CC[C@]12C. The summed E-state index contributed by atoms with van der Waals surface area (Å²) in [5, 5.41) is 9.78. The molecular formula is C47H83N3O4S. The van der Waals surface area contributed by atoms with E-state index in [0.717, 1.165) is 85.9 Å². The molecule has 2 heterocycles. The van der Waals surface area contributed by atoms with E-state index < -0.39 is 0 Å². The van der Waals surface area contributed by atoms with Crippen LogP contribution in [0.25, 0.3) is 0 Å². The van der Waals surface area contributed by atoms with Gasteiger partial charge in [-0.05, 0) is 163 Å². The summed E-state index contributed by atoms with van der Waals surface area (Å²) in [5.41, 5.74) is 0.512. The summed E-state index contributed by atoms with van der Waals surface area (Å²) in [5.74, 6) is 7.43. The maximum absolute atomic E-state index is 12.8. The Balaban J connectivity index is 0.861. The van der Waals surface area contributed by atoms with Gasteiger partial charge in [0.25, 0.3) is 0 Å². The molecule has 0 radical (unpaired) electrons. The molecule has 316 valence electrons. The number of amides is 3. The number of nitrogens with one attached hydrogen (secondary N) is 3. The lowest BCUT2D eigenvalue weighted by molar-refractivity contribution is -0.140. The van der Waals surface area contributed by atoms with Crippen molar-refractivity contribution in [3.63, 3.8) is 0 Å². The first kappa shape index (κ1) is 43.6. The van der Waals surface area contributed by atoms with Gasteiger partial charge in [-0.25, -0.2) is 4.79 Å². The summed E-state index contributed by atoms with van der Waals surface area (Å²) >= 11 is 1.94. The second kappa shape index (κ2) is 18.1. The third kappa shape index (κ3) is 10.4. The van der Waals surface area contributed by atoms with Gasteiger partial charge in [0, 0.05) is 36.2 Å². The fraction of sp³-hybridized carbons (Fsp3) is 0.957. The minimum Gasteiger partial charge on any atom is -0.378 e. The lowest BCUT2D eigenvalue weighted by atomic mass is 9.44. The number of fused-ring (bicyclic) bond motifs is 6. The molecule has 8 heteroatoms. The van der Waals surface area contributed by atoms with Crippen LogP contribution in [-0.2, 0) is 14.3 Å². The highest BCUT2D eigenvalue weighted by Crippen LogP contribution is 2.68. The number of urea groups is 1. The second-order valence-electron chi connectivity index (χ2n) is 21.9. The van der Waals surface area contributed by atoms with Crippen molar-refractivity contribution in [3.05, 3.63) is 0 Å². The summed E-state index contributed by atoms with van der Waals surface area (Å²) in [7, 11) is 0. The molecule has 0 bridgehead atoms. The van der Waals surface area contributed by atoms with Crippen molar-refractivity contribution >= 4 is 23.7 Å². The summed E-state index contributed by atoms with van der Waals surface area (Å²) in [6.45, 7) is 22.8. The third-order valence-electron chi connectivity index (χ3n) is 16.7. The van der Waals surface area contributed by atoms with Gasteiger partial charge < -0.3 is 25.4 Å². The van der Waals surface area contributed by atoms with Crippen LogP contribution in [-0.4, -0.2) is 65.5 Å². The number of hydrogen-bond donors (Lipinski definition) is 3. The van der Waals surface area contributed by atoms with E-state index in [1.807, 2.05) is 11.8 Å². The number of carbonyl (C=O) groups is 2. The first-order valence-corrected chi connectivity index (χ1v) is 24.3. The molecule has 6 aliphatic rings. The zero-order valence-electron chi connectivity index (χ0n) is 36.7. The normalized spacial score (nSPS) is 37.8. The van der Waals surface area contributed by atoms with Crippen LogP contribution in [0.5, 0.6) is 0 Å². The van der Waals surface area contributed by atoms with Crippen molar-refractivity contribution in [1.29, 1.82) is 0 Å². The van der Waals surface area contributed by atoms with Crippen LogP contribution < -0.4 is 16.0 Å². The van der Waals surface area contributed by atoms with Gasteiger partial charge >= 0.3 is 6.03 Å². The van der Waals surface area contributed by atoms with Crippen molar-refractivity contribution in [3.8, 4) is 0 Å². The van der Waals surface area contributed by atoms with Crippen LogP contribution in [0.15, 0.2) is 0 Å². The van der Waals surface area contributed by atoms with Crippen LogP contribution in [0, 0.1) is 52.3 Å². The predicted molar refractivity (Wildman–Crippen MR) is 228 cm³/mol. The van der Waals surface area contributed by atoms with E-state index in [-0.39, 0.29) is 35.2 Å². The van der Waals surface area contributed by atoms with Gasteiger partial charge in [-0.15, -0.1) is 0 Å². The highest BCUT2D eigenvalue weighted by Gasteiger charge is 2.60. The van der Waals surface area contributed by atoms with Crippen molar-refractivity contribution in [1.82, 2.24) is 16.0 Å². The van der Waals surface area contributed by atoms with Crippen molar-refractivity contribution in [2.45, 2.75) is 212 Å². The first-order valence-electron chi connectivity index (χ1n) is 23.2. The lowest BCUT2D eigenvalue weighted by Gasteiger charge is -2.61. The van der Waals surface area contributed by atoms with E-state index in [2.05, 4.69) is 78.3 Å². The molecule has 3 amide bonds. The Morgan fingerprint density at radius 2 is 1.65 bits per heavy atom. The monoisotopic (exact) mass is 786 g/mol. The summed E-state index contributed by atoms with van der Waals surface area (Å²) in [6, 6.07) is 0.463. The summed E-state index contributed by atoms with van der Waals surface area (Å²) in [4.78, 5) is 24.4. The molecule has 12 atom stereocenters. The number of carbonyl (C=O) groups excluding carboxylic acids is 2. The Morgan fingerprint density at radius 3 is 2.44 bits per heavy atom.